The van der Waals surface area contributed by atoms with Crippen LogP contribution in [0.4, 0.5) is 13.2 Å². The zero-order chi connectivity index (χ0) is 22.0. The molecule has 2 atom stereocenters. The number of ether oxygens (including phenoxy) is 1. The Morgan fingerprint density at radius 1 is 1.16 bits per heavy atom. The summed E-state index contributed by atoms with van der Waals surface area (Å²) < 4.78 is 46.4. The topological polar surface area (TPSA) is 56.1 Å². The molecule has 5 nitrogen and oxygen atoms in total. The van der Waals surface area contributed by atoms with E-state index in [0.717, 1.165) is 23.7 Å². The monoisotopic (exact) mass is 447 g/mol. The van der Waals surface area contributed by atoms with Gasteiger partial charge in [-0.15, -0.1) is 0 Å². The first-order chi connectivity index (χ1) is 14.8. The quantitative estimate of drug-likeness (QED) is 0.506. The van der Waals surface area contributed by atoms with Crippen molar-refractivity contribution in [3.8, 4) is 5.75 Å². The minimum Gasteiger partial charge on any atom is -0.484 e. The minimum absolute atomic E-state index is 0. The fraction of sp³-hybridized carbons (Fsp3) is 0.417. The van der Waals surface area contributed by atoms with E-state index in [1.807, 2.05) is 28.2 Å². The number of rotatable bonds is 6. The largest absolute Gasteiger partial charge is 0.484 e. The second kappa shape index (κ2) is 9.63. The van der Waals surface area contributed by atoms with E-state index in [2.05, 4.69) is 5.10 Å². The van der Waals surface area contributed by atoms with E-state index >= 15 is 0 Å². The first kappa shape index (κ1) is 23.6. The van der Waals surface area contributed by atoms with Gasteiger partial charge in [-0.25, -0.2) is 0 Å². The molecule has 4 rings (SSSR count). The number of benzene rings is 2. The average molecular weight is 448 g/mol. The molecular weight excluding hydrogens is 419 g/mol. The molecule has 1 N–H and O–H groups in total. The van der Waals surface area contributed by atoms with Gasteiger partial charge in [0.2, 0.25) is 0 Å². The fourth-order valence-electron chi connectivity index (χ4n) is 4.16. The lowest BCUT2D eigenvalue weighted by Crippen LogP contribution is -2.45. The third kappa shape index (κ3) is 5.06. The number of alkyl halides is 3. The van der Waals surface area contributed by atoms with Crippen molar-refractivity contribution in [3.05, 3.63) is 60.3 Å². The molecule has 1 saturated carbocycles. The zero-order valence-electron chi connectivity index (χ0n) is 17.1. The molecule has 1 aliphatic carbocycles. The first-order valence-electron chi connectivity index (χ1n) is 10.4. The molecule has 172 valence electrons. The molecule has 1 aliphatic rings. The maximum atomic E-state index is 12.7. The Labute approximate surface area is 185 Å². The van der Waals surface area contributed by atoms with Gasteiger partial charge in [-0.2, -0.15) is 18.3 Å². The Morgan fingerprint density at radius 2 is 1.84 bits per heavy atom. The van der Waals surface area contributed by atoms with Crippen molar-refractivity contribution >= 4 is 16.8 Å². The van der Waals surface area contributed by atoms with Crippen molar-refractivity contribution in [2.45, 2.75) is 64.4 Å². The molecule has 0 bridgehead atoms. The molecule has 0 saturated heterocycles. The van der Waals surface area contributed by atoms with Gasteiger partial charge in [-0.1, -0.05) is 50.6 Å². The van der Waals surface area contributed by atoms with E-state index in [4.69, 9.17) is 4.74 Å². The second-order valence-electron chi connectivity index (χ2n) is 7.96. The van der Waals surface area contributed by atoms with Crippen LogP contribution in [0.25, 0.3) is 10.9 Å². The Morgan fingerprint density at radius 3 is 2.50 bits per heavy atom. The van der Waals surface area contributed by atoms with Gasteiger partial charge in [0.15, 0.2) is 0 Å². The molecule has 8 heteroatoms. The van der Waals surface area contributed by atoms with Crippen LogP contribution in [0.1, 0.15) is 57.7 Å². The number of hydrogen-bond acceptors (Lipinski definition) is 3. The molecule has 1 amide bonds. The second-order valence-corrected chi connectivity index (χ2v) is 7.96. The van der Waals surface area contributed by atoms with Crippen LogP contribution in [-0.4, -0.2) is 27.9 Å². The number of nitrogens with zero attached hydrogens (tertiary/aromatic N) is 2. The highest BCUT2D eigenvalue weighted by molar-refractivity contribution is 5.82. The molecule has 1 aromatic heterocycles. The zero-order valence-corrected chi connectivity index (χ0v) is 17.1. The number of halogens is 3. The first-order valence-corrected chi connectivity index (χ1v) is 10.4. The van der Waals surface area contributed by atoms with Crippen molar-refractivity contribution in [3.63, 3.8) is 0 Å². The van der Waals surface area contributed by atoms with Crippen LogP contribution >= 0.6 is 0 Å². The van der Waals surface area contributed by atoms with Crippen LogP contribution in [0.5, 0.6) is 5.75 Å². The van der Waals surface area contributed by atoms with E-state index < -0.39 is 24.2 Å². The number of carbonyl (C=O) groups excluding carboxylic acids is 1. The highest BCUT2D eigenvalue weighted by Crippen LogP contribution is 2.33. The van der Waals surface area contributed by atoms with Crippen LogP contribution in [0.15, 0.2) is 54.7 Å². The molecule has 3 aromatic rings. The molecule has 2 aromatic carbocycles. The van der Waals surface area contributed by atoms with Crippen molar-refractivity contribution in [1.29, 1.82) is 0 Å². The van der Waals surface area contributed by atoms with E-state index in [1.54, 1.807) is 36.5 Å². The SMILES string of the molecule is C.C[C@H](NC(=O)C(F)(F)F)[C@H](Oc1ccc2c(cnn2C2CCCC2)c1)c1ccccc1. The van der Waals surface area contributed by atoms with E-state index in [-0.39, 0.29) is 7.43 Å². The number of aromatic nitrogens is 2. The minimum atomic E-state index is -4.96. The molecule has 0 aliphatic heterocycles. The average Bonchev–Trinajstić information content (AvgIpc) is 3.41. The molecule has 1 heterocycles. The van der Waals surface area contributed by atoms with Crippen LogP contribution < -0.4 is 10.1 Å². The summed E-state index contributed by atoms with van der Waals surface area (Å²) in [7, 11) is 0. The number of fused-ring (bicyclic) bond motifs is 1. The summed E-state index contributed by atoms with van der Waals surface area (Å²) >= 11 is 0. The summed E-state index contributed by atoms with van der Waals surface area (Å²) in [6.45, 7) is 1.50. The van der Waals surface area contributed by atoms with Gasteiger partial charge in [-0.05, 0) is 43.5 Å². The number of hydrogen-bond donors (Lipinski definition) is 1. The van der Waals surface area contributed by atoms with E-state index in [0.29, 0.717) is 17.4 Å². The van der Waals surface area contributed by atoms with Gasteiger partial charge < -0.3 is 10.1 Å². The van der Waals surface area contributed by atoms with Crippen molar-refractivity contribution < 1.29 is 22.7 Å². The Kier molecular flexibility index (Phi) is 7.11. The van der Waals surface area contributed by atoms with E-state index in [1.165, 1.54) is 19.8 Å². The summed E-state index contributed by atoms with van der Waals surface area (Å²) in [5.74, 6) is -1.49. The standard InChI is InChI=1S/C23H24F3N3O2.CH4/c1-15(28-22(30)23(24,25)26)21(16-7-3-2-4-8-16)31-19-11-12-20-17(13-19)14-27-29(20)18-9-5-6-10-18;/h2-4,7-8,11-15,18,21H,5-6,9-10H2,1H3,(H,28,30);1H4/t15-,21-;/m0./s1. The molecule has 1 fully saturated rings. The van der Waals surface area contributed by atoms with Gasteiger partial charge in [0.1, 0.15) is 11.9 Å². The van der Waals surface area contributed by atoms with Crippen LogP contribution in [-0.2, 0) is 4.79 Å². The lowest BCUT2D eigenvalue weighted by Gasteiger charge is -2.27. The molecule has 0 radical (unpaired) electrons. The third-order valence-corrected chi connectivity index (χ3v) is 5.70. The van der Waals surface area contributed by atoms with Crippen LogP contribution in [0.3, 0.4) is 0 Å². The van der Waals surface area contributed by atoms with Crippen molar-refractivity contribution in [2.24, 2.45) is 0 Å². The summed E-state index contributed by atoms with van der Waals surface area (Å²) in [5.41, 5.74) is 1.67. The molecular formula is C24H28F3N3O2. The normalized spacial score (nSPS) is 16.4. The predicted molar refractivity (Wildman–Crippen MR) is 117 cm³/mol. The smallest absolute Gasteiger partial charge is 0.471 e. The number of nitrogens with one attached hydrogen (secondary N) is 1. The lowest BCUT2D eigenvalue weighted by atomic mass is 10.0. The Bertz CT molecular complexity index is 1040. The summed E-state index contributed by atoms with van der Waals surface area (Å²) in [5, 5.41) is 7.45. The summed E-state index contributed by atoms with van der Waals surface area (Å²) in [6, 6.07) is 13.9. The maximum Gasteiger partial charge on any atom is 0.471 e. The Balaban J connectivity index is 0.00000289. The van der Waals surface area contributed by atoms with Crippen molar-refractivity contribution in [2.75, 3.05) is 0 Å². The third-order valence-electron chi connectivity index (χ3n) is 5.70. The fourth-order valence-corrected chi connectivity index (χ4v) is 4.16. The number of carbonyl (C=O) groups is 1. The summed E-state index contributed by atoms with van der Waals surface area (Å²) in [6.07, 6.45) is 0.662. The lowest BCUT2D eigenvalue weighted by molar-refractivity contribution is -0.174. The number of amides is 1. The highest BCUT2D eigenvalue weighted by Gasteiger charge is 2.40. The van der Waals surface area contributed by atoms with Gasteiger partial charge in [0.05, 0.1) is 23.8 Å². The van der Waals surface area contributed by atoms with Gasteiger partial charge in [0.25, 0.3) is 0 Å². The summed E-state index contributed by atoms with van der Waals surface area (Å²) in [4.78, 5) is 11.5. The van der Waals surface area contributed by atoms with E-state index in [9.17, 15) is 18.0 Å². The van der Waals surface area contributed by atoms with Gasteiger partial charge in [-0.3, -0.25) is 9.48 Å². The predicted octanol–water partition coefficient (Wildman–Crippen LogP) is 5.97. The van der Waals surface area contributed by atoms with Gasteiger partial charge >= 0.3 is 12.1 Å². The molecule has 0 unspecified atom stereocenters. The Hall–Kier alpha value is -3.03. The van der Waals surface area contributed by atoms with Crippen LogP contribution in [0.2, 0.25) is 0 Å². The van der Waals surface area contributed by atoms with Crippen LogP contribution in [0, 0.1) is 0 Å². The van der Waals surface area contributed by atoms with Crippen molar-refractivity contribution in [1.82, 2.24) is 15.1 Å². The molecule has 0 spiro atoms. The van der Waals surface area contributed by atoms with Gasteiger partial charge in [0, 0.05) is 5.39 Å². The molecule has 32 heavy (non-hydrogen) atoms. The highest BCUT2D eigenvalue weighted by atomic mass is 19.4. The maximum absolute atomic E-state index is 12.7.